The van der Waals surface area contributed by atoms with Crippen molar-refractivity contribution in [1.82, 2.24) is 10.6 Å². The molecule has 0 aliphatic heterocycles. The molecule has 0 aliphatic carbocycles. The van der Waals surface area contributed by atoms with E-state index in [4.69, 9.17) is 5.73 Å². The molecule has 1 unspecified atom stereocenters. The van der Waals surface area contributed by atoms with Crippen LogP contribution >= 0.6 is 0 Å². The van der Waals surface area contributed by atoms with Crippen LogP contribution in [-0.2, 0) is 11.3 Å². The normalized spacial score (nSPS) is 13.3. The summed E-state index contributed by atoms with van der Waals surface area (Å²) in [5, 5.41) is 8.35. The molecule has 0 spiro atoms. The third-order valence-corrected chi connectivity index (χ3v) is 3.37. The lowest BCUT2D eigenvalue weighted by Crippen LogP contribution is -2.51. The predicted octanol–water partition coefficient (Wildman–Crippen LogP) is 2.35. The van der Waals surface area contributed by atoms with E-state index in [0.29, 0.717) is 18.7 Å². The summed E-state index contributed by atoms with van der Waals surface area (Å²) in [6.45, 7) is 7.95. The Balaban J connectivity index is 2.51. The minimum Gasteiger partial charge on any atom is -0.350 e. The molecular formula is C17H28N4O2. The average Bonchev–Trinajstić information content (AvgIpc) is 2.45. The Kier molecular flexibility index (Phi) is 7.03. The summed E-state index contributed by atoms with van der Waals surface area (Å²) in [7, 11) is 0. The summed E-state index contributed by atoms with van der Waals surface area (Å²) in [5.74, 6) is -0.155. The van der Waals surface area contributed by atoms with Crippen LogP contribution < -0.4 is 21.7 Å². The van der Waals surface area contributed by atoms with Gasteiger partial charge >= 0.3 is 6.03 Å². The minimum atomic E-state index is -0.842. The summed E-state index contributed by atoms with van der Waals surface area (Å²) in [6, 6.07) is 7.17. The first-order valence-corrected chi connectivity index (χ1v) is 7.98. The topological polar surface area (TPSA) is 96.2 Å². The van der Waals surface area contributed by atoms with Crippen LogP contribution in [0.4, 0.5) is 10.5 Å². The van der Waals surface area contributed by atoms with Gasteiger partial charge in [0, 0.05) is 18.3 Å². The molecule has 1 aromatic rings. The molecule has 0 saturated carbocycles. The number of amides is 3. The van der Waals surface area contributed by atoms with Crippen molar-refractivity contribution in [2.24, 2.45) is 5.73 Å². The van der Waals surface area contributed by atoms with E-state index in [2.05, 4.69) is 16.0 Å². The number of urea groups is 1. The number of nitrogens with two attached hydrogens (primary N) is 1. The smallest absolute Gasteiger partial charge is 0.319 e. The van der Waals surface area contributed by atoms with Crippen LogP contribution in [0.25, 0.3) is 0 Å². The van der Waals surface area contributed by atoms with Gasteiger partial charge in [-0.2, -0.15) is 0 Å². The Bertz CT molecular complexity index is 524. The molecule has 0 aliphatic rings. The Morgan fingerprint density at radius 2 is 1.83 bits per heavy atom. The van der Waals surface area contributed by atoms with Gasteiger partial charge < -0.3 is 21.7 Å². The number of rotatable bonds is 7. The summed E-state index contributed by atoms with van der Waals surface area (Å²) in [4.78, 5) is 23.6. The van der Waals surface area contributed by atoms with Crippen molar-refractivity contribution in [2.75, 3.05) is 5.32 Å². The maximum absolute atomic E-state index is 12.0. The standard InChI is InChI=1S/C17H28N4O2/c1-5-10-17(4,18)15(22)19-11-13-6-8-14(9-7-13)21-16(23)20-12(2)3/h6-9,12H,5,10-11,18H2,1-4H3,(H,19,22)(H2,20,21,23). The number of carbonyl (C=O) groups is 2. The van der Waals surface area contributed by atoms with E-state index < -0.39 is 5.54 Å². The van der Waals surface area contributed by atoms with Crippen molar-refractivity contribution < 1.29 is 9.59 Å². The predicted molar refractivity (Wildman–Crippen MR) is 93.1 cm³/mol. The van der Waals surface area contributed by atoms with Crippen molar-refractivity contribution >= 4 is 17.6 Å². The summed E-state index contributed by atoms with van der Waals surface area (Å²) in [5.41, 5.74) is 6.79. The van der Waals surface area contributed by atoms with E-state index in [1.165, 1.54) is 0 Å². The minimum absolute atomic E-state index is 0.0816. The maximum Gasteiger partial charge on any atom is 0.319 e. The number of anilines is 1. The van der Waals surface area contributed by atoms with Gasteiger partial charge in [0.25, 0.3) is 0 Å². The molecule has 5 N–H and O–H groups in total. The third-order valence-electron chi connectivity index (χ3n) is 3.37. The monoisotopic (exact) mass is 320 g/mol. The fourth-order valence-corrected chi connectivity index (χ4v) is 2.15. The number of carbonyl (C=O) groups excluding carboxylic acids is 2. The lowest BCUT2D eigenvalue weighted by atomic mass is 9.96. The molecule has 128 valence electrons. The number of hydrogen-bond acceptors (Lipinski definition) is 3. The van der Waals surface area contributed by atoms with Crippen molar-refractivity contribution in [2.45, 2.75) is 58.7 Å². The summed E-state index contributed by atoms with van der Waals surface area (Å²) in [6.07, 6.45) is 1.51. The lowest BCUT2D eigenvalue weighted by molar-refractivity contribution is -0.126. The molecule has 1 aromatic carbocycles. The van der Waals surface area contributed by atoms with Crippen molar-refractivity contribution in [1.29, 1.82) is 0 Å². The van der Waals surface area contributed by atoms with Gasteiger partial charge in [0.15, 0.2) is 0 Å². The molecule has 0 radical (unpaired) electrons. The van der Waals surface area contributed by atoms with Crippen LogP contribution in [0.15, 0.2) is 24.3 Å². The van der Waals surface area contributed by atoms with Crippen molar-refractivity contribution in [3.05, 3.63) is 29.8 Å². The third kappa shape index (κ3) is 6.69. The molecule has 0 saturated heterocycles. The molecule has 1 rings (SSSR count). The van der Waals surface area contributed by atoms with Crippen LogP contribution in [0.3, 0.4) is 0 Å². The fourth-order valence-electron chi connectivity index (χ4n) is 2.15. The second-order valence-electron chi connectivity index (χ2n) is 6.30. The second-order valence-corrected chi connectivity index (χ2v) is 6.30. The van der Waals surface area contributed by atoms with Crippen LogP contribution in [0.5, 0.6) is 0 Å². The second kappa shape index (κ2) is 8.53. The van der Waals surface area contributed by atoms with Crippen LogP contribution in [0.2, 0.25) is 0 Å². The Morgan fingerprint density at radius 1 is 1.22 bits per heavy atom. The molecule has 0 bridgehead atoms. The molecule has 0 aromatic heterocycles. The van der Waals surface area contributed by atoms with E-state index in [1.807, 2.05) is 32.9 Å². The molecule has 23 heavy (non-hydrogen) atoms. The number of nitrogens with one attached hydrogen (secondary N) is 3. The van der Waals surface area contributed by atoms with Gasteiger partial charge in [-0.25, -0.2) is 4.79 Å². The fraction of sp³-hybridized carbons (Fsp3) is 0.529. The zero-order valence-electron chi connectivity index (χ0n) is 14.4. The van der Waals surface area contributed by atoms with Gasteiger partial charge in [0.2, 0.25) is 5.91 Å². The van der Waals surface area contributed by atoms with E-state index in [9.17, 15) is 9.59 Å². The zero-order chi connectivity index (χ0) is 17.5. The molecule has 3 amide bonds. The van der Waals surface area contributed by atoms with E-state index in [-0.39, 0.29) is 18.0 Å². The maximum atomic E-state index is 12.0. The molecule has 6 nitrogen and oxygen atoms in total. The Morgan fingerprint density at radius 3 is 2.35 bits per heavy atom. The highest BCUT2D eigenvalue weighted by molar-refractivity contribution is 5.89. The van der Waals surface area contributed by atoms with Crippen LogP contribution in [-0.4, -0.2) is 23.5 Å². The highest BCUT2D eigenvalue weighted by Crippen LogP contribution is 2.11. The van der Waals surface area contributed by atoms with Crippen LogP contribution in [0.1, 0.15) is 46.1 Å². The van der Waals surface area contributed by atoms with Gasteiger partial charge in [0.1, 0.15) is 0 Å². The molecule has 0 heterocycles. The van der Waals surface area contributed by atoms with E-state index >= 15 is 0 Å². The highest BCUT2D eigenvalue weighted by Gasteiger charge is 2.26. The zero-order valence-corrected chi connectivity index (χ0v) is 14.4. The van der Waals surface area contributed by atoms with Gasteiger partial charge in [-0.05, 0) is 44.9 Å². The first kappa shape index (κ1) is 19.0. The number of benzene rings is 1. The van der Waals surface area contributed by atoms with Crippen LogP contribution in [0, 0.1) is 0 Å². The van der Waals surface area contributed by atoms with Gasteiger partial charge in [-0.15, -0.1) is 0 Å². The lowest BCUT2D eigenvalue weighted by Gasteiger charge is -2.22. The van der Waals surface area contributed by atoms with Crippen molar-refractivity contribution in [3.63, 3.8) is 0 Å². The SMILES string of the molecule is CCCC(C)(N)C(=O)NCc1ccc(NC(=O)NC(C)C)cc1. The summed E-state index contributed by atoms with van der Waals surface area (Å²) < 4.78 is 0. The van der Waals surface area contributed by atoms with E-state index in [1.54, 1.807) is 19.1 Å². The summed E-state index contributed by atoms with van der Waals surface area (Å²) >= 11 is 0. The van der Waals surface area contributed by atoms with E-state index in [0.717, 1.165) is 12.0 Å². The molecule has 0 fully saturated rings. The first-order valence-electron chi connectivity index (χ1n) is 7.98. The van der Waals surface area contributed by atoms with Gasteiger partial charge in [-0.3, -0.25) is 4.79 Å². The van der Waals surface area contributed by atoms with Gasteiger partial charge in [0.05, 0.1) is 5.54 Å². The first-order chi connectivity index (χ1) is 10.7. The average molecular weight is 320 g/mol. The van der Waals surface area contributed by atoms with Gasteiger partial charge in [-0.1, -0.05) is 25.5 Å². The molecular weight excluding hydrogens is 292 g/mol. The molecule has 6 heteroatoms. The quantitative estimate of drug-likeness (QED) is 0.621. The molecule has 1 atom stereocenters. The Hall–Kier alpha value is -2.08. The van der Waals surface area contributed by atoms with Crippen molar-refractivity contribution in [3.8, 4) is 0 Å². The Labute approximate surface area is 138 Å². The number of hydrogen-bond donors (Lipinski definition) is 4. The highest BCUT2D eigenvalue weighted by atomic mass is 16.2. The largest absolute Gasteiger partial charge is 0.350 e.